The number of ether oxygens (including phenoxy) is 1. The largest absolute Gasteiger partial charge is 0.372 e. The number of morpholine rings is 1. The first-order valence-electron chi connectivity index (χ1n) is 10.4. The van der Waals surface area contributed by atoms with Crippen molar-refractivity contribution in [3.05, 3.63) is 28.8 Å². The Morgan fingerprint density at radius 2 is 1.93 bits per heavy atom. The summed E-state index contributed by atoms with van der Waals surface area (Å²) in [6.45, 7) is 5.39. The summed E-state index contributed by atoms with van der Waals surface area (Å²) in [5.74, 6) is -0.353. The van der Waals surface area contributed by atoms with Crippen molar-refractivity contribution in [2.24, 2.45) is 0 Å². The van der Waals surface area contributed by atoms with Crippen molar-refractivity contribution in [2.45, 2.75) is 51.0 Å². The molecule has 0 bridgehead atoms. The first-order chi connectivity index (χ1) is 14.2. The molecule has 3 aliphatic heterocycles. The summed E-state index contributed by atoms with van der Waals surface area (Å²) in [5, 5.41) is 6.92. The molecule has 0 radical (unpaired) electrons. The van der Waals surface area contributed by atoms with Crippen LogP contribution in [0, 0.1) is 0 Å². The third-order valence-electron chi connectivity index (χ3n) is 5.98. The van der Waals surface area contributed by atoms with Crippen molar-refractivity contribution in [2.75, 3.05) is 31.5 Å². The average Bonchev–Trinajstić information content (AvgIpc) is 2.82. The van der Waals surface area contributed by atoms with Crippen molar-refractivity contribution in [1.29, 1.82) is 0 Å². The normalized spacial score (nSPS) is 29.2. The molecule has 3 aliphatic rings. The predicted octanol–water partition coefficient (Wildman–Crippen LogP) is 1.84. The van der Waals surface area contributed by atoms with Gasteiger partial charge in [-0.15, -0.1) is 0 Å². The third-order valence-corrected chi connectivity index (χ3v) is 6.21. The topological polar surface area (TPSA) is 91.0 Å². The van der Waals surface area contributed by atoms with Gasteiger partial charge in [-0.2, -0.15) is 0 Å². The molecule has 1 aromatic carbocycles. The molecule has 4 rings (SSSR count). The number of amides is 3. The number of fused-ring (bicyclic) bond motifs is 1. The summed E-state index contributed by atoms with van der Waals surface area (Å²) in [6.07, 6.45) is 1.18. The van der Waals surface area contributed by atoms with Gasteiger partial charge in [-0.3, -0.25) is 14.4 Å². The van der Waals surface area contributed by atoms with Gasteiger partial charge in [-0.1, -0.05) is 11.6 Å². The lowest BCUT2D eigenvalue weighted by Gasteiger charge is -2.40. The van der Waals surface area contributed by atoms with Crippen LogP contribution >= 0.6 is 11.6 Å². The minimum atomic E-state index is -0.715. The Balaban J connectivity index is 1.44. The second-order valence-corrected chi connectivity index (χ2v) is 8.91. The SMILES string of the molecule is CC1CN(C(=O)CN2CCC3(CCC2=O)NC(=O)c2cc(Cl)ccc2N3)CC(C)O1. The lowest BCUT2D eigenvalue weighted by molar-refractivity contribution is -0.148. The molecule has 0 aromatic heterocycles. The Kier molecular flexibility index (Phi) is 5.63. The maximum absolute atomic E-state index is 12.8. The van der Waals surface area contributed by atoms with Crippen molar-refractivity contribution in [3.63, 3.8) is 0 Å². The molecule has 2 N–H and O–H groups in total. The molecular formula is C21H27ClN4O4. The standard InChI is InChI=1S/C21H27ClN4O4/c1-13-10-26(11-14(2)30-13)19(28)12-25-8-7-21(6-5-18(25)27)23-17-4-3-15(22)9-16(17)20(29)24-21/h3-4,9,13-14,23H,5-8,10-12H2,1-2H3,(H,24,29). The van der Waals surface area contributed by atoms with Crippen LogP contribution in [0.1, 0.15) is 43.5 Å². The number of carbonyl (C=O) groups excluding carboxylic acids is 3. The Morgan fingerprint density at radius 1 is 1.20 bits per heavy atom. The number of nitrogens with zero attached hydrogens (tertiary/aromatic N) is 2. The van der Waals surface area contributed by atoms with Crippen molar-refractivity contribution in [3.8, 4) is 0 Å². The molecule has 3 heterocycles. The number of carbonyl (C=O) groups is 3. The van der Waals surface area contributed by atoms with Gasteiger partial charge in [0.05, 0.1) is 24.3 Å². The smallest absolute Gasteiger partial charge is 0.255 e. The van der Waals surface area contributed by atoms with E-state index in [9.17, 15) is 14.4 Å². The van der Waals surface area contributed by atoms with Gasteiger partial charge in [-0.05, 0) is 38.5 Å². The minimum absolute atomic E-state index is 0.0176. The van der Waals surface area contributed by atoms with Gasteiger partial charge in [0.25, 0.3) is 5.91 Å². The average molecular weight is 435 g/mol. The highest BCUT2D eigenvalue weighted by molar-refractivity contribution is 6.31. The number of anilines is 1. The predicted molar refractivity (Wildman–Crippen MR) is 112 cm³/mol. The zero-order valence-corrected chi connectivity index (χ0v) is 18.0. The van der Waals surface area contributed by atoms with E-state index >= 15 is 0 Å². The van der Waals surface area contributed by atoms with Crippen LogP contribution in [0.2, 0.25) is 5.02 Å². The van der Waals surface area contributed by atoms with Crippen LogP contribution in [0.4, 0.5) is 5.69 Å². The molecule has 3 unspecified atom stereocenters. The van der Waals surface area contributed by atoms with Gasteiger partial charge >= 0.3 is 0 Å². The van der Waals surface area contributed by atoms with E-state index in [1.807, 2.05) is 13.8 Å². The van der Waals surface area contributed by atoms with Crippen LogP contribution in [0.25, 0.3) is 0 Å². The van der Waals surface area contributed by atoms with Gasteiger partial charge < -0.3 is 25.2 Å². The van der Waals surface area contributed by atoms with E-state index in [-0.39, 0.29) is 42.9 Å². The fourth-order valence-electron chi connectivity index (χ4n) is 4.50. The van der Waals surface area contributed by atoms with Crippen molar-refractivity contribution in [1.82, 2.24) is 15.1 Å². The lowest BCUT2D eigenvalue weighted by Crippen LogP contribution is -2.58. The highest BCUT2D eigenvalue weighted by atomic mass is 35.5. The molecule has 1 spiro atoms. The van der Waals surface area contributed by atoms with E-state index in [0.29, 0.717) is 48.7 Å². The van der Waals surface area contributed by atoms with Gasteiger partial charge in [0, 0.05) is 43.2 Å². The first kappa shape index (κ1) is 20.9. The number of rotatable bonds is 2. The number of halogens is 1. The van der Waals surface area contributed by atoms with E-state index in [4.69, 9.17) is 16.3 Å². The summed E-state index contributed by atoms with van der Waals surface area (Å²) in [4.78, 5) is 41.6. The number of nitrogens with one attached hydrogen (secondary N) is 2. The van der Waals surface area contributed by atoms with Crippen LogP contribution in [0.3, 0.4) is 0 Å². The van der Waals surface area contributed by atoms with E-state index in [1.54, 1.807) is 28.0 Å². The van der Waals surface area contributed by atoms with Crippen LogP contribution < -0.4 is 10.6 Å². The van der Waals surface area contributed by atoms with Crippen LogP contribution in [0.5, 0.6) is 0 Å². The molecule has 3 amide bonds. The molecule has 9 heteroatoms. The molecule has 8 nitrogen and oxygen atoms in total. The number of likely N-dealkylation sites (tertiary alicyclic amines) is 1. The summed E-state index contributed by atoms with van der Waals surface area (Å²) < 4.78 is 5.69. The molecule has 1 aromatic rings. The Bertz CT molecular complexity index is 869. The number of hydrogen-bond donors (Lipinski definition) is 2. The monoisotopic (exact) mass is 434 g/mol. The van der Waals surface area contributed by atoms with Gasteiger partial charge in [0.15, 0.2) is 0 Å². The van der Waals surface area contributed by atoms with Crippen molar-refractivity contribution < 1.29 is 19.1 Å². The quantitative estimate of drug-likeness (QED) is 0.741. The van der Waals surface area contributed by atoms with E-state index < -0.39 is 5.66 Å². The first-order valence-corrected chi connectivity index (χ1v) is 10.7. The molecule has 162 valence electrons. The van der Waals surface area contributed by atoms with Gasteiger partial charge in [-0.25, -0.2) is 0 Å². The zero-order chi connectivity index (χ0) is 21.5. The Labute approximate surface area is 180 Å². The van der Waals surface area contributed by atoms with Crippen LogP contribution in [0.15, 0.2) is 18.2 Å². The van der Waals surface area contributed by atoms with E-state index in [1.165, 1.54) is 0 Å². The fourth-order valence-corrected chi connectivity index (χ4v) is 4.68. The highest BCUT2D eigenvalue weighted by Crippen LogP contribution is 2.33. The molecule has 2 saturated heterocycles. The Morgan fingerprint density at radius 3 is 2.67 bits per heavy atom. The minimum Gasteiger partial charge on any atom is -0.372 e. The summed E-state index contributed by atoms with van der Waals surface area (Å²) in [7, 11) is 0. The second-order valence-electron chi connectivity index (χ2n) is 8.47. The van der Waals surface area contributed by atoms with Crippen molar-refractivity contribution >= 4 is 35.0 Å². The summed E-state index contributed by atoms with van der Waals surface area (Å²) >= 11 is 6.01. The van der Waals surface area contributed by atoms with Crippen LogP contribution in [-0.2, 0) is 14.3 Å². The summed E-state index contributed by atoms with van der Waals surface area (Å²) in [5.41, 5.74) is 0.482. The fraction of sp³-hybridized carbons (Fsp3) is 0.571. The molecule has 0 aliphatic carbocycles. The second kappa shape index (κ2) is 8.07. The molecule has 2 fully saturated rings. The van der Waals surface area contributed by atoms with E-state index in [2.05, 4.69) is 10.6 Å². The zero-order valence-electron chi connectivity index (χ0n) is 17.2. The maximum Gasteiger partial charge on any atom is 0.255 e. The summed E-state index contributed by atoms with van der Waals surface area (Å²) in [6, 6.07) is 5.15. The highest BCUT2D eigenvalue weighted by Gasteiger charge is 2.41. The van der Waals surface area contributed by atoms with Gasteiger partial charge in [0.1, 0.15) is 5.66 Å². The molecular weight excluding hydrogens is 408 g/mol. The van der Waals surface area contributed by atoms with E-state index in [0.717, 1.165) is 0 Å². The lowest BCUT2D eigenvalue weighted by atomic mass is 9.95. The molecule has 0 saturated carbocycles. The number of hydrogen-bond acceptors (Lipinski definition) is 5. The Hall–Kier alpha value is -2.32. The van der Waals surface area contributed by atoms with Gasteiger partial charge in [0.2, 0.25) is 11.8 Å². The maximum atomic E-state index is 12.8. The molecule has 3 atom stereocenters. The number of benzene rings is 1. The van der Waals surface area contributed by atoms with Crippen LogP contribution in [-0.4, -0.2) is 71.6 Å². The third kappa shape index (κ3) is 4.25. The molecule has 30 heavy (non-hydrogen) atoms.